The van der Waals surface area contributed by atoms with Crippen molar-refractivity contribution >= 4 is 27.4 Å². The van der Waals surface area contributed by atoms with Crippen LogP contribution in [0.4, 0.5) is 5.69 Å². The molecule has 0 saturated heterocycles. The average molecular weight is 333 g/mol. The van der Waals surface area contributed by atoms with E-state index in [1.165, 1.54) is 43.5 Å². The van der Waals surface area contributed by atoms with Crippen molar-refractivity contribution in [3.05, 3.63) is 59.7 Å². The lowest BCUT2D eigenvalue weighted by atomic mass is 10.1. The molecule has 0 atom stereocenters. The van der Waals surface area contributed by atoms with E-state index in [-0.39, 0.29) is 10.6 Å². The average Bonchev–Trinajstić information content (AvgIpc) is 2.53. The highest BCUT2D eigenvalue weighted by Gasteiger charge is 2.15. The number of nitrogens with one attached hydrogen (secondary N) is 1. The van der Waals surface area contributed by atoms with Gasteiger partial charge in [0.15, 0.2) is 9.84 Å². The standard InChI is InChI=1S/C16H15NO5S/c1-22-16(19)12-9-7-11(8-10-12)15(18)17-13-5-3-4-6-14(13)23(2,20)21/h3-10H,1-2H3,(H,17,18). The van der Waals surface area contributed by atoms with Gasteiger partial charge in [0.1, 0.15) is 0 Å². The first-order valence-electron chi connectivity index (χ1n) is 6.62. The molecule has 0 aromatic heterocycles. The highest BCUT2D eigenvalue weighted by atomic mass is 32.2. The fourth-order valence-corrected chi connectivity index (χ4v) is 2.81. The highest BCUT2D eigenvalue weighted by Crippen LogP contribution is 2.21. The summed E-state index contributed by atoms with van der Waals surface area (Å²) in [4.78, 5) is 23.6. The zero-order chi connectivity index (χ0) is 17.0. The Hall–Kier alpha value is -2.67. The summed E-state index contributed by atoms with van der Waals surface area (Å²) >= 11 is 0. The van der Waals surface area contributed by atoms with Crippen LogP contribution in [0.2, 0.25) is 0 Å². The molecule has 23 heavy (non-hydrogen) atoms. The van der Waals surface area contributed by atoms with Crippen molar-refractivity contribution in [2.45, 2.75) is 4.90 Å². The van der Waals surface area contributed by atoms with Crippen molar-refractivity contribution in [3.8, 4) is 0 Å². The van der Waals surface area contributed by atoms with E-state index in [0.717, 1.165) is 6.26 Å². The normalized spacial score (nSPS) is 10.9. The van der Waals surface area contributed by atoms with Gasteiger partial charge in [-0.25, -0.2) is 13.2 Å². The maximum Gasteiger partial charge on any atom is 0.337 e. The number of methoxy groups -OCH3 is 1. The third kappa shape index (κ3) is 3.95. The van der Waals surface area contributed by atoms with Gasteiger partial charge in [-0.15, -0.1) is 0 Å². The molecule has 6 nitrogen and oxygen atoms in total. The van der Waals surface area contributed by atoms with Crippen molar-refractivity contribution in [3.63, 3.8) is 0 Å². The Bertz CT molecular complexity index is 841. The summed E-state index contributed by atoms with van der Waals surface area (Å²) in [5.41, 5.74) is 0.818. The Balaban J connectivity index is 2.25. The van der Waals surface area contributed by atoms with Gasteiger partial charge >= 0.3 is 5.97 Å². The fourth-order valence-electron chi connectivity index (χ4n) is 1.96. The Morgan fingerprint density at radius 2 is 1.52 bits per heavy atom. The van der Waals surface area contributed by atoms with Crippen LogP contribution < -0.4 is 5.32 Å². The molecule has 2 aromatic rings. The van der Waals surface area contributed by atoms with E-state index in [1.807, 2.05) is 0 Å². The molecule has 1 N–H and O–H groups in total. The molecule has 0 saturated carbocycles. The second-order valence-electron chi connectivity index (χ2n) is 4.79. The number of benzene rings is 2. The van der Waals surface area contributed by atoms with Gasteiger partial charge in [0.05, 0.1) is 23.3 Å². The third-order valence-corrected chi connectivity index (χ3v) is 4.26. The molecule has 2 aromatic carbocycles. The number of hydrogen-bond acceptors (Lipinski definition) is 5. The predicted octanol–water partition coefficient (Wildman–Crippen LogP) is 2.13. The smallest absolute Gasteiger partial charge is 0.337 e. The molecule has 0 aliphatic rings. The quantitative estimate of drug-likeness (QED) is 0.866. The lowest BCUT2D eigenvalue weighted by Crippen LogP contribution is -2.14. The number of anilines is 1. The maximum atomic E-state index is 12.2. The maximum absolute atomic E-state index is 12.2. The number of carbonyl (C=O) groups excluding carboxylic acids is 2. The van der Waals surface area contributed by atoms with Crippen molar-refractivity contribution in [1.82, 2.24) is 0 Å². The van der Waals surface area contributed by atoms with Crippen LogP contribution in [0.3, 0.4) is 0 Å². The minimum absolute atomic E-state index is 0.0412. The molecule has 0 unspecified atom stereocenters. The van der Waals surface area contributed by atoms with Crippen LogP contribution in [0.25, 0.3) is 0 Å². The van der Waals surface area contributed by atoms with Crippen molar-refractivity contribution < 1.29 is 22.7 Å². The Labute approximate surface area is 134 Å². The molecule has 0 bridgehead atoms. The molecule has 2 rings (SSSR count). The topological polar surface area (TPSA) is 89.5 Å². The van der Waals surface area contributed by atoms with E-state index in [1.54, 1.807) is 12.1 Å². The van der Waals surface area contributed by atoms with Gasteiger partial charge in [-0.1, -0.05) is 12.1 Å². The number of para-hydroxylation sites is 1. The van der Waals surface area contributed by atoms with Gasteiger partial charge in [-0.05, 0) is 36.4 Å². The van der Waals surface area contributed by atoms with Gasteiger partial charge in [0, 0.05) is 11.8 Å². The number of rotatable bonds is 4. The fraction of sp³-hybridized carbons (Fsp3) is 0.125. The zero-order valence-electron chi connectivity index (χ0n) is 12.6. The number of sulfone groups is 1. The van der Waals surface area contributed by atoms with Gasteiger partial charge in [-0.2, -0.15) is 0 Å². The van der Waals surface area contributed by atoms with Crippen LogP contribution in [-0.2, 0) is 14.6 Å². The molecule has 1 amide bonds. The van der Waals surface area contributed by atoms with E-state index in [0.29, 0.717) is 11.1 Å². The van der Waals surface area contributed by atoms with Crippen molar-refractivity contribution in [2.75, 3.05) is 18.7 Å². The molecular formula is C16H15NO5S. The summed E-state index contributed by atoms with van der Waals surface area (Å²) in [5.74, 6) is -0.975. The predicted molar refractivity (Wildman–Crippen MR) is 85.3 cm³/mol. The van der Waals surface area contributed by atoms with Crippen LogP contribution in [0, 0.1) is 0 Å². The van der Waals surface area contributed by atoms with E-state index < -0.39 is 21.7 Å². The van der Waals surface area contributed by atoms with Crippen LogP contribution in [0.5, 0.6) is 0 Å². The van der Waals surface area contributed by atoms with E-state index in [9.17, 15) is 18.0 Å². The second-order valence-corrected chi connectivity index (χ2v) is 6.78. The Morgan fingerprint density at radius 3 is 2.09 bits per heavy atom. The van der Waals surface area contributed by atoms with Crippen LogP contribution in [-0.4, -0.2) is 33.7 Å². The van der Waals surface area contributed by atoms with Gasteiger partial charge in [0.25, 0.3) is 5.91 Å². The van der Waals surface area contributed by atoms with Gasteiger partial charge in [-0.3, -0.25) is 4.79 Å². The van der Waals surface area contributed by atoms with Gasteiger partial charge in [0.2, 0.25) is 0 Å². The molecule has 7 heteroatoms. The monoisotopic (exact) mass is 333 g/mol. The lowest BCUT2D eigenvalue weighted by Gasteiger charge is -2.10. The molecule has 0 radical (unpaired) electrons. The van der Waals surface area contributed by atoms with Crippen molar-refractivity contribution in [1.29, 1.82) is 0 Å². The highest BCUT2D eigenvalue weighted by molar-refractivity contribution is 7.90. The van der Waals surface area contributed by atoms with Crippen LogP contribution in [0.1, 0.15) is 20.7 Å². The molecule has 0 spiro atoms. The number of hydrogen-bond donors (Lipinski definition) is 1. The number of esters is 1. The van der Waals surface area contributed by atoms with E-state index in [2.05, 4.69) is 10.1 Å². The summed E-state index contributed by atoms with van der Waals surface area (Å²) in [6.07, 6.45) is 1.07. The summed E-state index contributed by atoms with van der Waals surface area (Å²) < 4.78 is 28.0. The Morgan fingerprint density at radius 1 is 0.957 bits per heavy atom. The zero-order valence-corrected chi connectivity index (χ0v) is 13.4. The molecule has 0 heterocycles. The number of ether oxygens (including phenoxy) is 1. The first-order valence-corrected chi connectivity index (χ1v) is 8.51. The SMILES string of the molecule is COC(=O)c1ccc(C(=O)Nc2ccccc2S(C)(=O)=O)cc1. The first-order chi connectivity index (χ1) is 10.8. The Kier molecular flexibility index (Phi) is 4.80. The van der Waals surface area contributed by atoms with E-state index in [4.69, 9.17) is 0 Å². The minimum atomic E-state index is -3.46. The molecule has 0 aliphatic carbocycles. The first kappa shape index (κ1) is 16.7. The summed E-state index contributed by atoms with van der Waals surface area (Å²) in [7, 11) is -2.19. The number of carbonyl (C=O) groups is 2. The lowest BCUT2D eigenvalue weighted by molar-refractivity contribution is 0.0600. The molecule has 0 fully saturated rings. The van der Waals surface area contributed by atoms with Gasteiger partial charge < -0.3 is 10.1 Å². The summed E-state index contributed by atoms with van der Waals surface area (Å²) in [6.45, 7) is 0. The largest absolute Gasteiger partial charge is 0.465 e. The summed E-state index contributed by atoms with van der Waals surface area (Å²) in [5, 5.41) is 2.56. The van der Waals surface area contributed by atoms with Crippen LogP contribution in [0.15, 0.2) is 53.4 Å². The number of amides is 1. The third-order valence-electron chi connectivity index (χ3n) is 3.10. The molecule has 0 aliphatic heterocycles. The summed E-state index contributed by atoms with van der Waals surface area (Å²) in [6, 6.07) is 12.0. The van der Waals surface area contributed by atoms with E-state index >= 15 is 0 Å². The molecule has 120 valence electrons. The molecular weight excluding hydrogens is 318 g/mol. The van der Waals surface area contributed by atoms with Crippen LogP contribution >= 0.6 is 0 Å². The van der Waals surface area contributed by atoms with Crippen molar-refractivity contribution in [2.24, 2.45) is 0 Å². The minimum Gasteiger partial charge on any atom is -0.465 e. The second kappa shape index (κ2) is 6.62.